The molecule has 0 saturated heterocycles. The van der Waals surface area contributed by atoms with E-state index >= 15 is 0 Å². The van der Waals surface area contributed by atoms with Crippen molar-refractivity contribution in [3.63, 3.8) is 0 Å². The van der Waals surface area contributed by atoms with Crippen LogP contribution in [-0.2, 0) is 0 Å². The molecule has 0 radical (unpaired) electrons. The maximum Gasteiger partial charge on any atom is 0.224 e. The lowest BCUT2D eigenvalue weighted by atomic mass is 10.2. The lowest BCUT2D eigenvalue weighted by Gasteiger charge is -2.14. The first-order valence-corrected chi connectivity index (χ1v) is 7.32. The fourth-order valence-corrected chi connectivity index (χ4v) is 2.74. The Morgan fingerprint density at radius 2 is 2.05 bits per heavy atom. The molecule has 0 aliphatic rings. The van der Waals surface area contributed by atoms with Crippen molar-refractivity contribution in [1.82, 2.24) is 9.97 Å². The minimum Gasteiger partial charge on any atom is -0.363 e. The molecule has 0 bridgehead atoms. The molecule has 0 aliphatic carbocycles. The molecule has 2 N–H and O–H groups in total. The molecule has 0 spiro atoms. The summed E-state index contributed by atoms with van der Waals surface area (Å²) in [7, 11) is 0. The van der Waals surface area contributed by atoms with Gasteiger partial charge < -0.3 is 10.6 Å². The quantitative estimate of drug-likeness (QED) is 0.873. The molecule has 1 unspecified atom stereocenters. The monoisotopic (exact) mass is 276 g/mol. The maximum absolute atomic E-state index is 4.47. The van der Waals surface area contributed by atoms with E-state index in [4.69, 9.17) is 0 Å². The predicted octanol–water partition coefficient (Wildman–Crippen LogP) is 3.76. The molecule has 102 valence electrons. The number of hydrogen-bond donors (Lipinski definition) is 2. The van der Waals surface area contributed by atoms with E-state index in [0.29, 0.717) is 5.95 Å². The Kier molecular flexibility index (Phi) is 4.37. The van der Waals surface area contributed by atoms with E-state index in [0.717, 1.165) is 18.1 Å². The second-order valence-electron chi connectivity index (χ2n) is 4.56. The molecule has 1 atom stereocenters. The summed E-state index contributed by atoms with van der Waals surface area (Å²) in [6.07, 6.45) is 0. The van der Waals surface area contributed by atoms with E-state index < -0.39 is 0 Å². The van der Waals surface area contributed by atoms with Gasteiger partial charge in [0.1, 0.15) is 5.82 Å². The summed E-state index contributed by atoms with van der Waals surface area (Å²) < 4.78 is 0. The number of thiophene rings is 1. The van der Waals surface area contributed by atoms with Gasteiger partial charge >= 0.3 is 0 Å². The SMILES string of the molecule is CCNc1nc(C)cc(NC(C)c2ccc(C)s2)n1. The fraction of sp³-hybridized carbons (Fsp3) is 0.429. The summed E-state index contributed by atoms with van der Waals surface area (Å²) in [5.41, 5.74) is 0.961. The van der Waals surface area contributed by atoms with Gasteiger partial charge in [0, 0.05) is 28.1 Å². The van der Waals surface area contributed by atoms with Gasteiger partial charge in [-0.1, -0.05) is 0 Å². The van der Waals surface area contributed by atoms with Crippen molar-refractivity contribution in [2.24, 2.45) is 0 Å². The highest BCUT2D eigenvalue weighted by atomic mass is 32.1. The standard InChI is InChI=1S/C14H20N4S/c1-5-15-14-16-9(2)8-13(18-14)17-11(4)12-7-6-10(3)19-12/h6-8,11H,5H2,1-4H3,(H2,15,16,17,18). The number of anilines is 2. The Labute approximate surface area is 118 Å². The average molecular weight is 276 g/mol. The Morgan fingerprint density at radius 3 is 2.68 bits per heavy atom. The van der Waals surface area contributed by atoms with Gasteiger partial charge in [0.2, 0.25) is 5.95 Å². The molecule has 0 aliphatic heterocycles. The van der Waals surface area contributed by atoms with Crippen molar-refractivity contribution in [3.05, 3.63) is 33.6 Å². The van der Waals surface area contributed by atoms with Crippen molar-refractivity contribution in [2.45, 2.75) is 33.7 Å². The second-order valence-corrected chi connectivity index (χ2v) is 5.88. The molecule has 4 nitrogen and oxygen atoms in total. The highest BCUT2D eigenvalue weighted by molar-refractivity contribution is 7.12. The third-order valence-electron chi connectivity index (χ3n) is 2.74. The first kappa shape index (κ1) is 13.8. The number of nitrogens with one attached hydrogen (secondary N) is 2. The molecular weight excluding hydrogens is 256 g/mol. The van der Waals surface area contributed by atoms with Gasteiger partial charge in [0.25, 0.3) is 0 Å². The van der Waals surface area contributed by atoms with Gasteiger partial charge in [-0.15, -0.1) is 11.3 Å². The zero-order valence-electron chi connectivity index (χ0n) is 11.8. The predicted molar refractivity (Wildman–Crippen MR) is 82.0 cm³/mol. The number of rotatable bonds is 5. The Bertz CT molecular complexity index is 550. The van der Waals surface area contributed by atoms with E-state index in [1.807, 2.05) is 31.3 Å². The second kappa shape index (κ2) is 6.02. The highest BCUT2D eigenvalue weighted by Gasteiger charge is 2.09. The lowest BCUT2D eigenvalue weighted by Crippen LogP contribution is -2.10. The van der Waals surface area contributed by atoms with Gasteiger partial charge in [0.15, 0.2) is 0 Å². The van der Waals surface area contributed by atoms with Crippen molar-refractivity contribution in [2.75, 3.05) is 17.2 Å². The van der Waals surface area contributed by atoms with Crippen LogP contribution in [0.25, 0.3) is 0 Å². The van der Waals surface area contributed by atoms with Crippen LogP contribution in [0.3, 0.4) is 0 Å². The topological polar surface area (TPSA) is 49.8 Å². The molecule has 0 aromatic carbocycles. The van der Waals surface area contributed by atoms with Gasteiger partial charge in [-0.05, 0) is 39.8 Å². The normalized spacial score (nSPS) is 12.2. The molecule has 2 rings (SSSR count). The van der Waals surface area contributed by atoms with Crippen LogP contribution in [0.5, 0.6) is 0 Å². The van der Waals surface area contributed by atoms with Crippen LogP contribution >= 0.6 is 11.3 Å². The molecule has 2 heterocycles. The first-order chi connectivity index (χ1) is 9.08. The average Bonchev–Trinajstić information content (AvgIpc) is 2.75. The van der Waals surface area contributed by atoms with Crippen LogP contribution < -0.4 is 10.6 Å². The van der Waals surface area contributed by atoms with Gasteiger partial charge in [-0.3, -0.25) is 0 Å². The summed E-state index contributed by atoms with van der Waals surface area (Å²) in [5, 5.41) is 6.58. The van der Waals surface area contributed by atoms with Crippen molar-refractivity contribution in [1.29, 1.82) is 0 Å². The molecule has 19 heavy (non-hydrogen) atoms. The van der Waals surface area contributed by atoms with E-state index in [1.54, 1.807) is 0 Å². The molecule has 5 heteroatoms. The van der Waals surface area contributed by atoms with Crippen LogP contribution in [0.15, 0.2) is 18.2 Å². The molecule has 0 saturated carbocycles. The Balaban J connectivity index is 2.14. The molecular formula is C14H20N4S. The number of nitrogens with zero attached hydrogens (tertiary/aromatic N) is 2. The van der Waals surface area contributed by atoms with E-state index in [-0.39, 0.29) is 6.04 Å². The maximum atomic E-state index is 4.47. The van der Waals surface area contributed by atoms with Crippen LogP contribution in [0.1, 0.15) is 35.3 Å². The summed E-state index contributed by atoms with van der Waals surface area (Å²) in [5.74, 6) is 1.54. The zero-order valence-corrected chi connectivity index (χ0v) is 12.6. The summed E-state index contributed by atoms with van der Waals surface area (Å²) in [4.78, 5) is 11.5. The van der Waals surface area contributed by atoms with Crippen LogP contribution in [0.4, 0.5) is 11.8 Å². The van der Waals surface area contributed by atoms with Crippen LogP contribution in [0.2, 0.25) is 0 Å². The largest absolute Gasteiger partial charge is 0.363 e. The molecule has 0 fully saturated rings. The smallest absolute Gasteiger partial charge is 0.224 e. The third-order valence-corrected chi connectivity index (χ3v) is 3.92. The lowest BCUT2D eigenvalue weighted by molar-refractivity contribution is 0.890. The van der Waals surface area contributed by atoms with Crippen molar-refractivity contribution >= 4 is 23.1 Å². The summed E-state index contributed by atoms with van der Waals surface area (Å²) >= 11 is 1.81. The molecule has 0 amide bonds. The molecule has 2 aromatic heterocycles. The van der Waals surface area contributed by atoms with Gasteiger partial charge in [-0.25, -0.2) is 4.98 Å². The van der Waals surface area contributed by atoms with Gasteiger partial charge in [0.05, 0.1) is 6.04 Å². The van der Waals surface area contributed by atoms with Crippen LogP contribution in [0, 0.1) is 13.8 Å². The number of hydrogen-bond acceptors (Lipinski definition) is 5. The fourth-order valence-electron chi connectivity index (χ4n) is 1.86. The summed E-state index contributed by atoms with van der Waals surface area (Å²) in [6.45, 7) is 9.11. The van der Waals surface area contributed by atoms with Crippen molar-refractivity contribution < 1.29 is 0 Å². The third kappa shape index (κ3) is 3.67. The Morgan fingerprint density at radius 1 is 1.26 bits per heavy atom. The molecule has 2 aromatic rings. The summed E-state index contributed by atoms with van der Waals surface area (Å²) in [6, 6.07) is 6.53. The van der Waals surface area contributed by atoms with Crippen LogP contribution in [-0.4, -0.2) is 16.5 Å². The Hall–Kier alpha value is -1.62. The number of aromatic nitrogens is 2. The minimum absolute atomic E-state index is 0.252. The zero-order chi connectivity index (χ0) is 13.8. The van der Waals surface area contributed by atoms with E-state index in [1.165, 1.54) is 9.75 Å². The minimum atomic E-state index is 0.252. The van der Waals surface area contributed by atoms with E-state index in [2.05, 4.69) is 46.6 Å². The first-order valence-electron chi connectivity index (χ1n) is 6.51. The van der Waals surface area contributed by atoms with E-state index in [9.17, 15) is 0 Å². The highest BCUT2D eigenvalue weighted by Crippen LogP contribution is 2.25. The number of aryl methyl sites for hydroxylation is 2. The van der Waals surface area contributed by atoms with Gasteiger partial charge in [-0.2, -0.15) is 4.98 Å². The van der Waals surface area contributed by atoms with Crippen molar-refractivity contribution in [3.8, 4) is 0 Å².